The summed E-state index contributed by atoms with van der Waals surface area (Å²) in [5, 5.41) is 2.80. The van der Waals surface area contributed by atoms with Gasteiger partial charge in [-0.2, -0.15) is 0 Å². The molecule has 6 heteroatoms. The lowest BCUT2D eigenvalue weighted by Gasteiger charge is -2.10. The molecular weight excluding hydrogens is 384 g/mol. The number of nitrogens with one attached hydrogen (secondary N) is 2. The third-order valence-electron chi connectivity index (χ3n) is 4.51. The summed E-state index contributed by atoms with van der Waals surface area (Å²) in [6.07, 6.45) is 1.01. The molecule has 0 aliphatic heterocycles. The molecule has 2 N–H and O–H groups in total. The second-order valence-corrected chi connectivity index (χ2v) is 8.71. The van der Waals surface area contributed by atoms with Gasteiger partial charge in [0.25, 0.3) is 10.0 Å². The van der Waals surface area contributed by atoms with Gasteiger partial charge < -0.3 is 5.32 Å². The number of carbonyl (C=O) groups is 1. The van der Waals surface area contributed by atoms with E-state index in [1.165, 1.54) is 17.7 Å². The monoisotopic (exact) mass is 408 g/mol. The number of hydrogen-bond acceptors (Lipinski definition) is 3. The van der Waals surface area contributed by atoms with Crippen molar-refractivity contribution in [3.05, 3.63) is 89.5 Å². The Morgan fingerprint density at radius 1 is 0.759 bits per heavy atom. The minimum absolute atomic E-state index is 0.112. The Morgan fingerprint density at radius 3 is 1.86 bits per heavy atom. The number of hydrogen-bond donors (Lipinski definition) is 2. The first kappa shape index (κ1) is 20.6. The highest BCUT2D eigenvalue weighted by atomic mass is 32.2. The highest BCUT2D eigenvalue weighted by Gasteiger charge is 2.14. The third-order valence-corrected chi connectivity index (χ3v) is 5.91. The van der Waals surface area contributed by atoms with Crippen molar-refractivity contribution in [2.45, 2.75) is 31.6 Å². The SMILES string of the molecule is Cc1ccc(CCC(=O)Nc2ccc(S(=O)(=O)Nc3ccc(C)cc3)cc2)cc1. The molecule has 3 rings (SSSR count). The third kappa shape index (κ3) is 5.93. The molecule has 29 heavy (non-hydrogen) atoms. The van der Waals surface area contributed by atoms with Crippen molar-refractivity contribution >= 4 is 27.3 Å². The zero-order valence-corrected chi connectivity index (χ0v) is 17.3. The van der Waals surface area contributed by atoms with Crippen LogP contribution in [-0.2, 0) is 21.2 Å². The summed E-state index contributed by atoms with van der Waals surface area (Å²) in [5.74, 6) is -0.112. The molecule has 0 radical (unpaired) electrons. The van der Waals surface area contributed by atoms with Crippen LogP contribution < -0.4 is 10.0 Å². The van der Waals surface area contributed by atoms with Crippen LogP contribution in [0.3, 0.4) is 0 Å². The molecule has 0 unspecified atom stereocenters. The van der Waals surface area contributed by atoms with Crippen LogP contribution in [0.4, 0.5) is 11.4 Å². The smallest absolute Gasteiger partial charge is 0.261 e. The summed E-state index contributed by atoms with van der Waals surface area (Å²) in [6.45, 7) is 3.96. The summed E-state index contributed by atoms with van der Waals surface area (Å²) < 4.78 is 27.6. The molecule has 0 aliphatic carbocycles. The van der Waals surface area contributed by atoms with E-state index < -0.39 is 10.0 Å². The lowest BCUT2D eigenvalue weighted by molar-refractivity contribution is -0.116. The summed E-state index contributed by atoms with van der Waals surface area (Å²) in [7, 11) is -3.68. The maximum atomic E-state index is 12.5. The van der Waals surface area contributed by atoms with Crippen LogP contribution in [0.15, 0.2) is 77.7 Å². The molecule has 0 fully saturated rings. The van der Waals surface area contributed by atoms with Crippen LogP contribution in [0.25, 0.3) is 0 Å². The molecule has 0 bridgehead atoms. The molecule has 150 valence electrons. The van der Waals surface area contributed by atoms with Crippen molar-refractivity contribution in [1.82, 2.24) is 0 Å². The second kappa shape index (κ2) is 8.92. The molecule has 0 heterocycles. The Labute approximate surface area is 171 Å². The van der Waals surface area contributed by atoms with Gasteiger partial charge in [-0.25, -0.2) is 8.42 Å². The van der Waals surface area contributed by atoms with Crippen LogP contribution >= 0.6 is 0 Å². The zero-order chi connectivity index (χ0) is 20.9. The lowest BCUT2D eigenvalue weighted by atomic mass is 10.1. The number of benzene rings is 3. The van der Waals surface area contributed by atoms with Gasteiger partial charge in [0.1, 0.15) is 0 Å². The predicted molar refractivity (Wildman–Crippen MR) is 117 cm³/mol. The van der Waals surface area contributed by atoms with Gasteiger partial charge in [0.05, 0.1) is 4.90 Å². The number of amides is 1. The Morgan fingerprint density at radius 2 is 1.28 bits per heavy atom. The molecule has 0 spiro atoms. The van der Waals surface area contributed by atoms with Crippen molar-refractivity contribution in [1.29, 1.82) is 0 Å². The molecule has 3 aromatic carbocycles. The number of anilines is 2. The van der Waals surface area contributed by atoms with Gasteiger partial charge >= 0.3 is 0 Å². The van der Waals surface area contributed by atoms with Crippen LogP contribution in [0.2, 0.25) is 0 Å². The van der Waals surface area contributed by atoms with Crippen molar-refractivity contribution < 1.29 is 13.2 Å². The van der Waals surface area contributed by atoms with E-state index in [2.05, 4.69) is 10.0 Å². The van der Waals surface area contributed by atoms with Crippen LogP contribution in [-0.4, -0.2) is 14.3 Å². The Hall–Kier alpha value is -3.12. The Kier molecular flexibility index (Phi) is 6.34. The van der Waals surface area contributed by atoms with E-state index >= 15 is 0 Å². The fraction of sp³-hybridized carbons (Fsp3) is 0.174. The highest BCUT2D eigenvalue weighted by molar-refractivity contribution is 7.92. The molecule has 0 atom stereocenters. The predicted octanol–water partition coefficient (Wildman–Crippen LogP) is 4.68. The molecular formula is C23H24N2O3S. The molecule has 0 saturated carbocycles. The van der Waals surface area contributed by atoms with E-state index in [9.17, 15) is 13.2 Å². The summed E-state index contributed by atoms with van der Waals surface area (Å²) in [6, 6.07) is 21.3. The zero-order valence-electron chi connectivity index (χ0n) is 16.5. The molecule has 0 aliphatic rings. The quantitative estimate of drug-likeness (QED) is 0.596. The summed E-state index contributed by atoms with van der Waals surface area (Å²) in [4.78, 5) is 12.3. The van der Waals surface area contributed by atoms with Crippen LogP contribution in [0, 0.1) is 13.8 Å². The second-order valence-electron chi connectivity index (χ2n) is 7.03. The first-order chi connectivity index (χ1) is 13.8. The molecule has 3 aromatic rings. The summed E-state index contributed by atoms with van der Waals surface area (Å²) in [5.41, 5.74) is 4.41. The van der Waals surface area contributed by atoms with Crippen LogP contribution in [0.5, 0.6) is 0 Å². The van der Waals surface area contributed by atoms with Gasteiger partial charge in [-0.3, -0.25) is 9.52 Å². The van der Waals surface area contributed by atoms with E-state index in [0.717, 1.165) is 11.1 Å². The topological polar surface area (TPSA) is 75.3 Å². The minimum atomic E-state index is -3.68. The van der Waals surface area contributed by atoms with E-state index in [0.29, 0.717) is 24.2 Å². The van der Waals surface area contributed by atoms with E-state index in [-0.39, 0.29) is 10.8 Å². The average molecular weight is 409 g/mol. The lowest BCUT2D eigenvalue weighted by Crippen LogP contribution is -2.14. The summed E-state index contributed by atoms with van der Waals surface area (Å²) >= 11 is 0. The van der Waals surface area contributed by atoms with Crippen molar-refractivity contribution in [2.75, 3.05) is 10.0 Å². The van der Waals surface area contributed by atoms with Crippen LogP contribution in [0.1, 0.15) is 23.1 Å². The van der Waals surface area contributed by atoms with E-state index in [1.807, 2.05) is 50.2 Å². The first-order valence-corrected chi connectivity index (χ1v) is 10.9. The molecule has 1 amide bonds. The van der Waals surface area contributed by atoms with Crippen molar-refractivity contribution in [2.24, 2.45) is 0 Å². The Balaban J connectivity index is 1.58. The number of carbonyl (C=O) groups excluding carboxylic acids is 1. The van der Waals surface area contributed by atoms with E-state index in [4.69, 9.17) is 0 Å². The van der Waals surface area contributed by atoms with Gasteiger partial charge in [0, 0.05) is 17.8 Å². The van der Waals surface area contributed by atoms with Gasteiger partial charge in [-0.05, 0) is 62.2 Å². The number of rotatable bonds is 7. The van der Waals surface area contributed by atoms with Crippen molar-refractivity contribution in [3.8, 4) is 0 Å². The highest BCUT2D eigenvalue weighted by Crippen LogP contribution is 2.19. The van der Waals surface area contributed by atoms with Gasteiger partial charge in [-0.15, -0.1) is 0 Å². The number of aryl methyl sites for hydroxylation is 3. The van der Waals surface area contributed by atoms with Gasteiger partial charge in [-0.1, -0.05) is 47.5 Å². The minimum Gasteiger partial charge on any atom is -0.326 e. The number of sulfonamides is 1. The van der Waals surface area contributed by atoms with Crippen molar-refractivity contribution in [3.63, 3.8) is 0 Å². The fourth-order valence-corrected chi connectivity index (χ4v) is 3.85. The first-order valence-electron chi connectivity index (χ1n) is 9.37. The van der Waals surface area contributed by atoms with E-state index in [1.54, 1.807) is 24.3 Å². The largest absolute Gasteiger partial charge is 0.326 e. The maximum absolute atomic E-state index is 12.5. The molecule has 0 saturated heterocycles. The normalized spacial score (nSPS) is 11.1. The maximum Gasteiger partial charge on any atom is 0.261 e. The molecule has 5 nitrogen and oxygen atoms in total. The van der Waals surface area contributed by atoms with Gasteiger partial charge in [0.2, 0.25) is 5.91 Å². The Bertz CT molecular complexity index is 1070. The molecule has 0 aromatic heterocycles. The fourth-order valence-electron chi connectivity index (χ4n) is 2.79. The standard InChI is InChI=1S/C23H24N2O3S/c1-17-3-7-19(8-4-17)9-16-23(26)24-20-12-14-22(15-13-20)29(27,28)25-21-10-5-18(2)6-11-21/h3-8,10-15,25H,9,16H2,1-2H3,(H,24,26). The average Bonchev–Trinajstić information content (AvgIpc) is 2.70. The van der Waals surface area contributed by atoms with Gasteiger partial charge in [0.15, 0.2) is 0 Å².